The smallest absolute Gasteiger partial charge is 0.252 e. The molecule has 2 aromatic carbocycles. The largest absolute Gasteiger partial charge is 0.496 e. The highest BCUT2D eigenvalue weighted by Crippen LogP contribution is 2.31. The van der Waals surface area contributed by atoms with E-state index in [4.69, 9.17) is 16.3 Å². The molecule has 0 bridgehead atoms. The van der Waals surface area contributed by atoms with Gasteiger partial charge in [0, 0.05) is 20.7 Å². The van der Waals surface area contributed by atoms with Crippen molar-refractivity contribution in [3.63, 3.8) is 0 Å². The van der Waals surface area contributed by atoms with Crippen molar-refractivity contribution in [2.45, 2.75) is 25.3 Å². The zero-order chi connectivity index (χ0) is 19.2. The fraction of sp³-hybridized carbons (Fsp3) is 0.381. The monoisotopic (exact) mass is 498 g/mol. The van der Waals surface area contributed by atoms with Gasteiger partial charge in [-0.25, -0.2) is 0 Å². The average molecular weight is 499 g/mol. The molecular weight excluding hydrogens is 475 g/mol. The zero-order valence-corrected chi connectivity index (χ0v) is 18.3. The number of carbonyl (C=O) groups excluding carboxylic acids is 1. The number of methoxy groups -OCH3 is 1. The van der Waals surface area contributed by atoms with Crippen molar-refractivity contribution < 1.29 is 9.53 Å². The van der Waals surface area contributed by atoms with Gasteiger partial charge in [0.25, 0.3) is 5.91 Å². The van der Waals surface area contributed by atoms with E-state index in [0.717, 1.165) is 28.0 Å². The highest BCUT2D eigenvalue weighted by molar-refractivity contribution is 14.1. The molecule has 0 spiro atoms. The number of nitrogens with one attached hydrogen (secondary N) is 1. The number of likely N-dealkylation sites (tertiary alicyclic amines) is 1. The molecule has 0 radical (unpaired) electrons. The molecule has 1 fully saturated rings. The third-order valence-electron chi connectivity index (χ3n) is 4.96. The Morgan fingerprint density at radius 1 is 1.22 bits per heavy atom. The number of rotatable bonds is 6. The van der Waals surface area contributed by atoms with Crippen LogP contribution < -0.4 is 10.1 Å². The van der Waals surface area contributed by atoms with E-state index in [9.17, 15) is 4.79 Å². The summed E-state index contributed by atoms with van der Waals surface area (Å²) in [6.07, 6.45) is 3.65. The molecule has 144 valence electrons. The molecule has 4 nitrogen and oxygen atoms in total. The Bertz CT molecular complexity index is 794. The van der Waals surface area contributed by atoms with Gasteiger partial charge in [0.2, 0.25) is 0 Å². The highest BCUT2D eigenvalue weighted by Gasteiger charge is 2.25. The number of ether oxygens (including phenoxy) is 1. The lowest BCUT2D eigenvalue weighted by atomic mass is 10.0. The fourth-order valence-corrected chi connectivity index (χ4v) is 4.68. The van der Waals surface area contributed by atoms with E-state index >= 15 is 0 Å². The number of nitrogens with zero attached hydrogens (tertiary/aromatic N) is 1. The minimum Gasteiger partial charge on any atom is -0.496 e. The Morgan fingerprint density at radius 2 is 1.96 bits per heavy atom. The summed E-state index contributed by atoms with van der Waals surface area (Å²) < 4.78 is 6.44. The topological polar surface area (TPSA) is 41.6 Å². The van der Waals surface area contributed by atoms with E-state index in [2.05, 4.69) is 38.9 Å². The van der Waals surface area contributed by atoms with E-state index in [1.54, 1.807) is 25.3 Å². The van der Waals surface area contributed by atoms with Gasteiger partial charge in [-0.3, -0.25) is 9.69 Å². The van der Waals surface area contributed by atoms with Gasteiger partial charge in [-0.15, -0.1) is 0 Å². The molecule has 1 N–H and O–H groups in total. The normalized spacial score (nSPS) is 16.0. The van der Waals surface area contributed by atoms with Crippen LogP contribution in [0.25, 0.3) is 0 Å². The zero-order valence-electron chi connectivity index (χ0n) is 15.4. The van der Waals surface area contributed by atoms with Crippen molar-refractivity contribution in [3.8, 4) is 5.75 Å². The molecule has 6 heteroatoms. The summed E-state index contributed by atoms with van der Waals surface area (Å²) in [5.74, 6) is 0.788. The number of benzene rings is 2. The molecule has 3 rings (SSSR count). The van der Waals surface area contributed by atoms with Crippen LogP contribution in [0.15, 0.2) is 42.5 Å². The quantitative estimate of drug-likeness (QED) is 0.576. The number of hydrogen-bond acceptors (Lipinski definition) is 3. The Kier molecular flexibility index (Phi) is 7.38. The van der Waals surface area contributed by atoms with Crippen molar-refractivity contribution >= 4 is 40.1 Å². The maximum Gasteiger partial charge on any atom is 0.252 e. The second kappa shape index (κ2) is 9.75. The second-order valence-corrected chi connectivity index (χ2v) is 8.29. The van der Waals surface area contributed by atoms with E-state index in [1.165, 1.54) is 19.3 Å². The number of hydrogen-bond donors (Lipinski definition) is 1. The van der Waals surface area contributed by atoms with Crippen molar-refractivity contribution in [2.24, 2.45) is 0 Å². The van der Waals surface area contributed by atoms with Crippen molar-refractivity contribution in [1.29, 1.82) is 0 Å². The molecule has 0 aliphatic carbocycles. The number of halogens is 2. The van der Waals surface area contributed by atoms with Gasteiger partial charge in [-0.2, -0.15) is 0 Å². The lowest BCUT2D eigenvalue weighted by Gasteiger charge is -2.35. The molecule has 0 saturated carbocycles. The van der Waals surface area contributed by atoms with Crippen LogP contribution in [0.2, 0.25) is 5.02 Å². The summed E-state index contributed by atoms with van der Waals surface area (Å²) in [6, 6.07) is 13.5. The van der Waals surface area contributed by atoms with Crippen LogP contribution >= 0.6 is 34.2 Å². The van der Waals surface area contributed by atoms with Crippen LogP contribution in [0.3, 0.4) is 0 Å². The number of piperidine rings is 1. The van der Waals surface area contributed by atoms with E-state index < -0.39 is 0 Å². The maximum atomic E-state index is 12.7. The Balaban J connectivity index is 1.80. The van der Waals surface area contributed by atoms with Crippen LogP contribution in [0.5, 0.6) is 5.75 Å². The molecule has 1 atom stereocenters. The SMILES string of the molecule is COc1ccccc1C(CNC(=O)c1ccc(Cl)cc1I)N1CCCCC1. The molecule has 1 saturated heterocycles. The van der Waals surface area contributed by atoms with Crippen molar-refractivity contribution in [3.05, 3.63) is 62.2 Å². The Labute approximate surface area is 179 Å². The standard InChI is InChI=1S/C21H24ClIN2O2/c1-27-20-8-4-3-7-17(20)19(25-11-5-2-6-12-25)14-24-21(26)16-10-9-15(22)13-18(16)23/h3-4,7-10,13,19H,2,5-6,11-12,14H2,1H3,(H,24,26). The van der Waals surface area contributed by atoms with Gasteiger partial charge in [-0.1, -0.05) is 36.2 Å². The summed E-state index contributed by atoms with van der Waals surface area (Å²) in [7, 11) is 1.70. The van der Waals surface area contributed by atoms with Crippen LogP contribution in [-0.2, 0) is 0 Å². The molecule has 2 aromatic rings. The van der Waals surface area contributed by atoms with Crippen LogP contribution in [-0.4, -0.2) is 37.6 Å². The summed E-state index contributed by atoms with van der Waals surface area (Å²) in [5, 5.41) is 3.76. The molecule has 0 aromatic heterocycles. The fourth-order valence-electron chi connectivity index (χ4n) is 3.57. The van der Waals surface area contributed by atoms with Crippen molar-refractivity contribution in [1.82, 2.24) is 10.2 Å². The molecule has 27 heavy (non-hydrogen) atoms. The van der Waals surface area contributed by atoms with Gasteiger partial charge in [0.05, 0.1) is 18.7 Å². The lowest BCUT2D eigenvalue weighted by Crippen LogP contribution is -2.41. The minimum absolute atomic E-state index is 0.0759. The first-order chi connectivity index (χ1) is 13.1. The summed E-state index contributed by atoms with van der Waals surface area (Å²) in [4.78, 5) is 15.2. The summed E-state index contributed by atoms with van der Waals surface area (Å²) >= 11 is 8.16. The van der Waals surface area contributed by atoms with E-state index in [-0.39, 0.29) is 11.9 Å². The number of para-hydroxylation sites is 1. The third kappa shape index (κ3) is 5.15. The highest BCUT2D eigenvalue weighted by atomic mass is 127. The van der Waals surface area contributed by atoms with Crippen LogP contribution in [0, 0.1) is 3.57 Å². The second-order valence-electron chi connectivity index (χ2n) is 6.69. The van der Waals surface area contributed by atoms with Gasteiger partial charge >= 0.3 is 0 Å². The first-order valence-electron chi connectivity index (χ1n) is 9.20. The molecule has 1 unspecified atom stereocenters. The maximum absolute atomic E-state index is 12.7. The molecule has 1 amide bonds. The third-order valence-corrected chi connectivity index (χ3v) is 6.09. The molecule has 1 heterocycles. The molecule has 1 aliphatic heterocycles. The van der Waals surface area contributed by atoms with E-state index in [0.29, 0.717) is 17.1 Å². The average Bonchev–Trinajstić information content (AvgIpc) is 2.69. The minimum atomic E-state index is -0.0759. The van der Waals surface area contributed by atoms with Crippen LogP contribution in [0.1, 0.15) is 41.2 Å². The van der Waals surface area contributed by atoms with Crippen LogP contribution in [0.4, 0.5) is 0 Å². The Morgan fingerprint density at radius 3 is 2.67 bits per heavy atom. The van der Waals surface area contributed by atoms with Gasteiger partial charge in [0.1, 0.15) is 5.75 Å². The van der Waals surface area contributed by atoms with Gasteiger partial charge in [-0.05, 0) is 72.8 Å². The lowest BCUT2D eigenvalue weighted by molar-refractivity contribution is 0.0922. The Hall–Kier alpha value is -1.31. The molecule has 1 aliphatic rings. The first-order valence-corrected chi connectivity index (χ1v) is 10.7. The predicted molar refractivity (Wildman–Crippen MR) is 118 cm³/mol. The van der Waals surface area contributed by atoms with Gasteiger partial charge in [0.15, 0.2) is 0 Å². The van der Waals surface area contributed by atoms with Gasteiger partial charge < -0.3 is 10.1 Å². The number of amides is 1. The summed E-state index contributed by atoms with van der Waals surface area (Å²) in [5.41, 5.74) is 1.77. The summed E-state index contributed by atoms with van der Waals surface area (Å²) in [6.45, 7) is 2.62. The number of carbonyl (C=O) groups is 1. The first kappa shape index (κ1) is 20.4. The van der Waals surface area contributed by atoms with Crippen molar-refractivity contribution in [2.75, 3.05) is 26.7 Å². The molecular formula is C21H24ClIN2O2. The predicted octanol–water partition coefficient (Wildman–Crippen LogP) is 4.91. The van der Waals surface area contributed by atoms with E-state index in [1.807, 2.05) is 18.2 Å².